The maximum absolute atomic E-state index is 13.8. The van der Waals surface area contributed by atoms with Crippen LogP contribution in [0, 0.1) is 5.82 Å². The van der Waals surface area contributed by atoms with Gasteiger partial charge in [0.05, 0.1) is 5.69 Å². The fourth-order valence-corrected chi connectivity index (χ4v) is 2.40. The number of carbonyl (C=O) groups is 1. The van der Waals surface area contributed by atoms with E-state index in [4.69, 9.17) is 4.74 Å². The zero-order valence-electron chi connectivity index (χ0n) is 12.8. The molecular weight excluding hydrogens is 303 g/mol. The lowest BCUT2D eigenvalue weighted by Gasteiger charge is -2.20. The van der Waals surface area contributed by atoms with E-state index in [1.165, 1.54) is 12.1 Å². The summed E-state index contributed by atoms with van der Waals surface area (Å²) in [4.78, 5) is 12.8. The number of anilines is 2. The van der Waals surface area contributed by atoms with Crippen LogP contribution in [0.15, 0.2) is 35.7 Å². The van der Waals surface area contributed by atoms with E-state index in [2.05, 4.69) is 10.6 Å². The highest BCUT2D eigenvalue weighted by Crippen LogP contribution is 2.22. The molecule has 0 unspecified atom stereocenters. The molecule has 0 saturated carbocycles. The van der Waals surface area contributed by atoms with Crippen molar-refractivity contribution in [2.24, 2.45) is 0 Å². The van der Waals surface area contributed by atoms with E-state index in [0.717, 1.165) is 4.88 Å². The first-order valence-corrected chi connectivity index (χ1v) is 7.77. The third-order valence-electron chi connectivity index (χ3n) is 2.64. The number of ether oxygens (including phenoxy) is 1. The van der Waals surface area contributed by atoms with E-state index in [0.29, 0.717) is 17.9 Å². The van der Waals surface area contributed by atoms with Gasteiger partial charge in [0.25, 0.3) is 0 Å². The summed E-state index contributed by atoms with van der Waals surface area (Å²) in [5.74, 6) is -0.369. The molecule has 0 spiro atoms. The van der Waals surface area contributed by atoms with Gasteiger partial charge in [-0.25, -0.2) is 9.18 Å². The second-order valence-electron chi connectivity index (χ2n) is 5.75. The Labute approximate surface area is 133 Å². The molecule has 22 heavy (non-hydrogen) atoms. The summed E-state index contributed by atoms with van der Waals surface area (Å²) < 4.78 is 19.0. The number of thiophene rings is 1. The van der Waals surface area contributed by atoms with Crippen LogP contribution < -0.4 is 10.6 Å². The van der Waals surface area contributed by atoms with Gasteiger partial charge < -0.3 is 10.1 Å². The zero-order valence-corrected chi connectivity index (χ0v) is 13.6. The molecular formula is C16H19FN2O2S. The van der Waals surface area contributed by atoms with Crippen LogP contribution in [-0.4, -0.2) is 11.7 Å². The Morgan fingerprint density at radius 1 is 1.32 bits per heavy atom. The number of carbonyl (C=O) groups excluding carboxylic acids is 1. The molecule has 1 amide bonds. The molecule has 0 aliphatic rings. The summed E-state index contributed by atoms with van der Waals surface area (Å²) in [6.07, 6.45) is -0.566. The average Bonchev–Trinajstić information content (AvgIpc) is 2.90. The summed E-state index contributed by atoms with van der Waals surface area (Å²) in [5, 5.41) is 7.58. The standard InChI is InChI=1S/C16H19FN2O2S/c1-16(2,3)21-15(20)19-11-6-7-13(17)14(9-11)18-10-12-5-4-8-22-12/h4-9,18H,10H2,1-3H3,(H,19,20). The Morgan fingerprint density at radius 2 is 2.09 bits per heavy atom. The maximum Gasteiger partial charge on any atom is 0.412 e. The van der Waals surface area contributed by atoms with Gasteiger partial charge in [-0.2, -0.15) is 0 Å². The fraction of sp³-hybridized carbons (Fsp3) is 0.312. The Balaban J connectivity index is 2.01. The van der Waals surface area contributed by atoms with Gasteiger partial charge in [0.2, 0.25) is 0 Å². The second-order valence-corrected chi connectivity index (χ2v) is 6.79. The van der Waals surface area contributed by atoms with Gasteiger partial charge in [-0.05, 0) is 50.4 Å². The highest BCUT2D eigenvalue weighted by molar-refractivity contribution is 7.09. The van der Waals surface area contributed by atoms with Gasteiger partial charge in [0.1, 0.15) is 11.4 Å². The minimum Gasteiger partial charge on any atom is -0.444 e. The summed E-state index contributed by atoms with van der Waals surface area (Å²) in [6, 6.07) is 8.27. The van der Waals surface area contributed by atoms with Crippen molar-refractivity contribution in [1.29, 1.82) is 0 Å². The van der Waals surface area contributed by atoms with E-state index >= 15 is 0 Å². The van der Waals surface area contributed by atoms with Crippen LogP contribution in [0.5, 0.6) is 0 Å². The lowest BCUT2D eigenvalue weighted by Crippen LogP contribution is -2.27. The monoisotopic (exact) mass is 322 g/mol. The molecule has 1 aromatic heterocycles. The number of halogens is 1. The van der Waals surface area contributed by atoms with Gasteiger partial charge in [0, 0.05) is 17.1 Å². The number of nitrogens with one attached hydrogen (secondary N) is 2. The molecule has 1 heterocycles. The van der Waals surface area contributed by atoms with E-state index < -0.39 is 11.7 Å². The molecule has 0 fully saturated rings. The molecule has 2 aromatic rings. The van der Waals surface area contributed by atoms with Crippen molar-refractivity contribution in [1.82, 2.24) is 0 Å². The van der Waals surface area contributed by atoms with Gasteiger partial charge in [-0.1, -0.05) is 6.07 Å². The van der Waals surface area contributed by atoms with Crippen LogP contribution in [0.2, 0.25) is 0 Å². The first kappa shape index (κ1) is 16.3. The smallest absolute Gasteiger partial charge is 0.412 e. The quantitative estimate of drug-likeness (QED) is 0.846. The SMILES string of the molecule is CC(C)(C)OC(=O)Nc1ccc(F)c(NCc2cccs2)c1. The lowest BCUT2D eigenvalue weighted by molar-refractivity contribution is 0.0636. The molecule has 4 nitrogen and oxygen atoms in total. The minimum atomic E-state index is -0.579. The minimum absolute atomic E-state index is 0.335. The van der Waals surface area contributed by atoms with E-state index in [9.17, 15) is 9.18 Å². The van der Waals surface area contributed by atoms with E-state index in [-0.39, 0.29) is 5.82 Å². The first-order valence-electron chi connectivity index (χ1n) is 6.89. The van der Waals surface area contributed by atoms with Gasteiger partial charge in [-0.15, -0.1) is 11.3 Å². The Morgan fingerprint density at radius 3 is 2.73 bits per heavy atom. The Hall–Kier alpha value is -2.08. The molecule has 1 aromatic carbocycles. The number of rotatable bonds is 4. The normalized spacial score (nSPS) is 11.1. The van der Waals surface area contributed by atoms with Crippen molar-refractivity contribution in [2.45, 2.75) is 32.9 Å². The topological polar surface area (TPSA) is 50.4 Å². The molecule has 0 radical (unpaired) electrons. The molecule has 0 saturated heterocycles. The van der Waals surface area contributed by atoms with Crippen LogP contribution in [0.1, 0.15) is 25.6 Å². The van der Waals surface area contributed by atoms with Crippen molar-refractivity contribution in [3.05, 3.63) is 46.4 Å². The fourth-order valence-electron chi connectivity index (χ4n) is 1.76. The van der Waals surface area contributed by atoms with Crippen molar-refractivity contribution in [3.8, 4) is 0 Å². The molecule has 2 N–H and O–H groups in total. The highest BCUT2D eigenvalue weighted by atomic mass is 32.1. The molecule has 118 valence electrons. The van der Waals surface area contributed by atoms with Gasteiger partial charge in [-0.3, -0.25) is 5.32 Å². The Kier molecular flexibility index (Phi) is 5.03. The molecule has 2 rings (SSSR count). The zero-order chi connectivity index (χ0) is 16.2. The molecule has 0 bridgehead atoms. The molecule has 0 aliphatic heterocycles. The first-order chi connectivity index (χ1) is 10.3. The number of benzene rings is 1. The van der Waals surface area contributed by atoms with E-state index in [1.54, 1.807) is 38.2 Å². The number of hydrogen-bond acceptors (Lipinski definition) is 4. The second kappa shape index (κ2) is 6.79. The van der Waals surface area contributed by atoms with E-state index in [1.807, 2.05) is 17.5 Å². The maximum atomic E-state index is 13.8. The predicted molar refractivity (Wildman–Crippen MR) is 87.9 cm³/mol. The third-order valence-corrected chi connectivity index (χ3v) is 3.52. The average molecular weight is 322 g/mol. The largest absolute Gasteiger partial charge is 0.444 e. The van der Waals surface area contributed by atoms with Crippen LogP contribution in [0.25, 0.3) is 0 Å². The number of amides is 1. The summed E-state index contributed by atoms with van der Waals surface area (Å²) in [6.45, 7) is 5.88. The summed E-state index contributed by atoms with van der Waals surface area (Å²) in [7, 11) is 0. The molecule has 6 heteroatoms. The molecule has 0 aliphatic carbocycles. The third kappa shape index (κ3) is 5.04. The van der Waals surface area contributed by atoms with Crippen LogP contribution in [0.3, 0.4) is 0 Å². The van der Waals surface area contributed by atoms with Crippen molar-refractivity contribution < 1.29 is 13.9 Å². The summed E-state index contributed by atoms with van der Waals surface area (Å²) in [5.41, 5.74) is 0.232. The van der Waals surface area contributed by atoms with Crippen LogP contribution in [-0.2, 0) is 11.3 Å². The van der Waals surface area contributed by atoms with Crippen molar-refractivity contribution in [3.63, 3.8) is 0 Å². The van der Waals surface area contributed by atoms with Crippen molar-refractivity contribution >= 4 is 28.8 Å². The van der Waals surface area contributed by atoms with Crippen LogP contribution in [0.4, 0.5) is 20.6 Å². The highest BCUT2D eigenvalue weighted by Gasteiger charge is 2.16. The number of hydrogen-bond donors (Lipinski definition) is 2. The lowest BCUT2D eigenvalue weighted by atomic mass is 10.2. The Bertz CT molecular complexity index is 636. The molecule has 0 atom stereocenters. The van der Waals surface area contributed by atoms with Crippen LogP contribution >= 0.6 is 11.3 Å². The van der Waals surface area contributed by atoms with Gasteiger partial charge >= 0.3 is 6.09 Å². The summed E-state index contributed by atoms with van der Waals surface area (Å²) >= 11 is 1.59. The van der Waals surface area contributed by atoms with Crippen molar-refractivity contribution in [2.75, 3.05) is 10.6 Å². The van der Waals surface area contributed by atoms with Gasteiger partial charge in [0.15, 0.2) is 0 Å². The predicted octanol–water partition coefficient (Wildman–Crippen LogP) is 4.85.